The van der Waals surface area contributed by atoms with E-state index in [0.717, 1.165) is 5.56 Å². The highest BCUT2D eigenvalue weighted by Gasteiger charge is 2.35. The van der Waals surface area contributed by atoms with Crippen LogP contribution in [0.1, 0.15) is 26.3 Å². The van der Waals surface area contributed by atoms with Gasteiger partial charge in [-0.25, -0.2) is 4.68 Å². The summed E-state index contributed by atoms with van der Waals surface area (Å²) < 4.78 is 6.60. The first-order valence-electron chi connectivity index (χ1n) is 8.91. The topological polar surface area (TPSA) is 68.3 Å². The lowest BCUT2D eigenvalue weighted by molar-refractivity contribution is -0.140. The summed E-state index contributed by atoms with van der Waals surface area (Å²) in [4.78, 5) is 27.4. The highest BCUT2D eigenvalue weighted by Crippen LogP contribution is 2.21. The lowest BCUT2D eigenvalue weighted by Gasteiger charge is -2.32. The smallest absolute Gasteiger partial charge is 0.267 e. The predicted octanol–water partition coefficient (Wildman–Crippen LogP) is 3.29. The van der Waals surface area contributed by atoms with Crippen LogP contribution in [0.15, 0.2) is 70.1 Å². The Morgan fingerprint density at radius 1 is 1.11 bits per heavy atom. The van der Waals surface area contributed by atoms with Gasteiger partial charge in [0.2, 0.25) is 5.91 Å². The number of aromatic nitrogens is 2. The SMILES string of the molecule is CCN(Cc1ccccc1)C(=O)C(C)(C)n1nc(-c2ccco2)ccc1=O. The van der Waals surface area contributed by atoms with Crippen molar-refractivity contribution >= 4 is 5.91 Å². The van der Waals surface area contributed by atoms with Crippen LogP contribution in [-0.4, -0.2) is 27.1 Å². The van der Waals surface area contributed by atoms with E-state index in [1.54, 1.807) is 43.2 Å². The molecule has 3 aromatic rings. The van der Waals surface area contributed by atoms with Crippen molar-refractivity contribution in [2.75, 3.05) is 6.54 Å². The molecule has 0 saturated heterocycles. The van der Waals surface area contributed by atoms with Gasteiger partial charge in [0.05, 0.1) is 6.26 Å². The van der Waals surface area contributed by atoms with Gasteiger partial charge in [-0.15, -0.1) is 0 Å². The first-order chi connectivity index (χ1) is 12.9. The molecule has 0 N–H and O–H groups in total. The lowest BCUT2D eigenvalue weighted by Crippen LogP contribution is -2.51. The quantitative estimate of drug-likeness (QED) is 0.672. The molecule has 2 heterocycles. The zero-order valence-electron chi connectivity index (χ0n) is 15.8. The van der Waals surface area contributed by atoms with E-state index in [-0.39, 0.29) is 11.5 Å². The van der Waals surface area contributed by atoms with Gasteiger partial charge in [0, 0.05) is 19.2 Å². The maximum absolute atomic E-state index is 13.3. The Labute approximate surface area is 158 Å². The molecular weight excluding hydrogens is 342 g/mol. The summed E-state index contributed by atoms with van der Waals surface area (Å²) in [5.74, 6) is 0.378. The first kappa shape index (κ1) is 18.6. The van der Waals surface area contributed by atoms with Crippen molar-refractivity contribution in [3.63, 3.8) is 0 Å². The minimum Gasteiger partial charge on any atom is -0.463 e. The minimum absolute atomic E-state index is 0.167. The number of furan rings is 1. The number of benzene rings is 1. The largest absolute Gasteiger partial charge is 0.463 e. The van der Waals surface area contributed by atoms with Crippen molar-refractivity contribution in [3.05, 3.63) is 76.8 Å². The first-order valence-corrected chi connectivity index (χ1v) is 8.91. The van der Waals surface area contributed by atoms with E-state index >= 15 is 0 Å². The molecule has 0 aliphatic carbocycles. The molecule has 27 heavy (non-hydrogen) atoms. The molecule has 0 aliphatic heterocycles. The predicted molar refractivity (Wildman–Crippen MR) is 103 cm³/mol. The van der Waals surface area contributed by atoms with Crippen LogP contribution in [0.4, 0.5) is 0 Å². The number of rotatable bonds is 6. The molecule has 0 fully saturated rings. The Kier molecular flexibility index (Phi) is 5.26. The fourth-order valence-corrected chi connectivity index (χ4v) is 2.98. The van der Waals surface area contributed by atoms with E-state index in [0.29, 0.717) is 24.5 Å². The number of carbonyl (C=O) groups is 1. The number of likely N-dealkylation sites (N-methyl/N-ethyl adjacent to an activating group) is 1. The molecule has 0 unspecified atom stereocenters. The maximum Gasteiger partial charge on any atom is 0.267 e. The molecule has 1 amide bonds. The molecular formula is C21H23N3O3. The molecule has 1 aromatic carbocycles. The van der Waals surface area contributed by atoms with E-state index in [2.05, 4.69) is 5.10 Å². The number of nitrogens with zero attached hydrogens (tertiary/aromatic N) is 3. The van der Waals surface area contributed by atoms with Crippen LogP contribution in [0.3, 0.4) is 0 Å². The van der Waals surface area contributed by atoms with Gasteiger partial charge in [-0.2, -0.15) is 5.10 Å². The summed E-state index contributed by atoms with van der Waals surface area (Å²) in [5.41, 5.74) is 0.0731. The van der Waals surface area contributed by atoms with E-state index in [9.17, 15) is 9.59 Å². The van der Waals surface area contributed by atoms with E-state index in [4.69, 9.17) is 4.42 Å². The Morgan fingerprint density at radius 3 is 2.48 bits per heavy atom. The zero-order valence-corrected chi connectivity index (χ0v) is 15.8. The van der Waals surface area contributed by atoms with E-state index in [1.165, 1.54) is 10.7 Å². The van der Waals surface area contributed by atoms with Crippen LogP contribution in [0.5, 0.6) is 0 Å². The molecule has 6 heteroatoms. The standard InChI is InChI=1S/C21H23N3O3/c1-4-23(15-16-9-6-5-7-10-16)20(26)21(2,3)24-19(25)13-12-17(22-24)18-11-8-14-27-18/h5-14H,4,15H2,1-3H3. The van der Waals surface area contributed by atoms with Gasteiger partial charge in [0.1, 0.15) is 11.2 Å². The van der Waals surface area contributed by atoms with E-state index < -0.39 is 5.54 Å². The molecule has 0 aliphatic rings. The molecule has 0 spiro atoms. The van der Waals surface area contributed by atoms with Crippen LogP contribution in [0.25, 0.3) is 11.5 Å². The van der Waals surface area contributed by atoms with Crippen molar-refractivity contribution in [2.45, 2.75) is 32.9 Å². The number of hydrogen-bond donors (Lipinski definition) is 0. The molecule has 0 bridgehead atoms. The van der Waals surface area contributed by atoms with Gasteiger partial charge in [0.25, 0.3) is 5.56 Å². The van der Waals surface area contributed by atoms with Crippen LogP contribution in [-0.2, 0) is 16.9 Å². The van der Waals surface area contributed by atoms with Crippen molar-refractivity contribution in [1.82, 2.24) is 14.7 Å². The molecule has 0 radical (unpaired) electrons. The van der Waals surface area contributed by atoms with Gasteiger partial charge in [-0.05, 0) is 44.5 Å². The van der Waals surface area contributed by atoms with Gasteiger partial charge in [0.15, 0.2) is 5.76 Å². The summed E-state index contributed by atoms with van der Waals surface area (Å²) in [6.07, 6.45) is 1.54. The third-order valence-electron chi connectivity index (χ3n) is 4.51. The summed E-state index contributed by atoms with van der Waals surface area (Å²) in [7, 11) is 0. The highest BCUT2D eigenvalue weighted by molar-refractivity contribution is 5.83. The molecule has 6 nitrogen and oxygen atoms in total. The molecule has 0 saturated carbocycles. The number of carbonyl (C=O) groups excluding carboxylic acids is 1. The van der Waals surface area contributed by atoms with Gasteiger partial charge in [-0.3, -0.25) is 9.59 Å². The highest BCUT2D eigenvalue weighted by atomic mass is 16.3. The normalized spacial score (nSPS) is 11.4. The number of hydrogen-bond acceptors (Lipinski definition) is 4. The lowest BCUT2D eigenvalue weighted by atomic mass is 10.0. The third-order valence-corrected chi connectivity index (χ3v) is 4.51. The van der Waals surface area contributed by atoms with Gasteiger partial charge >= 0.3 is 0 Å². The third kappa shape index (κ3) is 3.84. The second kappa shape index (κ2) is 7.61. The van der Waals surface area contributed by atoms with Crippen molar-refractivity contribution in [2.24, 2.45) is 0 Å². The average Bonchev–Trinajstić information content (AvgIpc) is 3.21. The molecule has 3 rings (SSSR count). The zero-order chi connectivity index (χ0) is 19.4. The average molecular weight is 365 g/mol. The van der Waals surface area contributed by atoms with Crippen LogP contribution >= 0.6 is 0 Å². The van der Waals surface area contributed by atoms with E-state index in [1.807, 2.05) is 37.3 Å². The fourth-order valence-electron chi connectivity index (χ4n) is 2.98. The van der Waals surface area contributed by atoms with Crippen LogP contribution in [0.2, 0.25) is 0 Å². The Morgan fingerprint density at radius 2 is 1.85 bits per heavy atom. The van der Waals surface area contributed by atoms with Crippen LogP contribution < -0.4 is 5.56 Å². The Balaban J connectivity index is 1.93. The summed E-state index contributed by atoms with van der Waals surface area (Å²) in [6.45, 7) is 6.36. The Hall–Kier alpha value is -3.15. The molecule has 140 valence electrons. The molecule has 0 atom stereocenters. The van der Waals surface area contributed by atoms with Crippen LogP contribution in [0, 0.1) is 0 Å². The van der Waals surface area contributed by atoms with Crippen molar-refractivity contribution in [1.29, 1.82) is 0 Å². The summed E-state index contributed by atoms with van der Waals surface area (Å²) in [6, 6.07) is 16.3. The van der Waals surface area contributed by atoms with Crippen molar-refractivity contribution < 1.29 is 9.21 Å². The van der Waals surface area contributed by atoms with Gasteiger partial charge in [-0.1, -0.05) is 30.3 Å². The summed E-state index contributed by atoms with van der Waals surface area (Å²) in [5, 5.41) is 4.39. The second-order valence-electron chi connectivity index (χ2n) is 6.81. The van der Waals surface area contributed by atoms with Gasteiger partial charge < -0.3 is 9.32 Å². The fraction of sp³-hybridized carbons (Fsp3) is 0.286. The maximum atomic E-state index is 13.3. The molecule has 2 aromatic heterocycles. The minimum atomic E-state index is -1.13. The second-order valence-corrected chi connectivity index (χ2v) is 6.81. The Bertz CT molecular complexity index is 960. The number of amides is 1. The summed E-state index contributed by atoms with van der Waals surface area (Å²) >= 11 is 0. The monoisotopic (exact) mass is 365 g/mol. The van der Waals surface area contributed by atoms with Crippen molar-refractivity contribution in [3.8, 4) is 11.5 Å².